The normalized spacial score (nSPS) is 11.7. The van der Waals surface area contributed by atoms with Crippen molar-refractivity contribution in [2.45, 2.75) is 13.8 Å². The number of allylic oxidation sites excluding steroid dienone is 2. The summed E-state index contributed by atoms with van der Waals surface area (Å²) < 4.78 is 11.0. The van der Waals surface area contributed by atoms with Crippen LogP contribution >= 0.6 is 0 Å². The second-order valence-corrected chi connectivity index (χ2v) is 15.3. The maximum Gasteiger partial charge on any atom is 0.231 e. The molecule has 0 aliphatic rings. The molecule has 12 aromatic rings. The fourth-order valence-corrected chi connectivity index (χ4v) is 8.76. The van der Waals surface area contributed by atoms with Crippen LogP contribution in [0.4, 0.5) is 0 Å². The second-order valence-electron chi connectivity index (χ2n) is 15.3. The van der Waals surface area contributed by atoms with Crippen molar-refractivity contribution in [2.24, 2.45) is 0 Å². The molecule has 0 radical (unpaired) electrons. The predicted octanol–water partition coefficient (Wildman–Crippen LogP) is 15.2. The number of hydrogen-bond donors (Lipinski definition) is 0. The highest BCUT2D eigenvalue weighted by atomic mass is 16.3. The molecule has 12 rings (SSSR count). The van der Waals surface area contributed by atoms with E-state index in [4.69, 9.17) is 14.4 Å². The predicted molar refractivity (Wildman–Crippen MR) is 255 cm³/mol. The lowest BCUT2D eigenvalue weighted by molar-refractivity contribution is 0.653. The highest BCUT2D eigenvalue weighted by Crippen LogP contribution is 2.40. The summed E-state index contributed by atoms with van der Waals surface area (Å²) in [6.07, 6.45) is 4.00. The van der Waals surface area contributed by atoms with Crippen LogP contribution in [0.15, 0.2) is 211 Å². The highest BCUT2D eigenvalue weighted by Gasteiger charge is 2.19. The van der Waals surface area contributed by atoms with E-state index in [1.807, 2.05) is 62.4 Å². The van der Waals surface area contributed by atoms with E-state index in [-0.39, 0.29) is 0 Å². The molecule has 290 valence electrons. The minimum Gasteiger partial charge on any atom is -0.438 e. The van der Waals surface area contributed by atoms with E-state index in [0.717, 1.165) is 55.6 Å². The lowest BCUT2D eigenvalue weighted by atomic mass is 10.0. The zero-order valence-corrected chi connectivity index (χ0v) is 33.8. The molecular formula is C56H40N4O. The van der Waals surface area contributed by atoms with Crippen LogP contribution in [0.25, 0.3) is 111 Å². The summed E-state index contributed by atoms with van der Waals surface area (Å²) >= 11 is 0. The highest BCUT2D eigenvalue weighted by molar-refractivity contribution is 6.13. The minimum absolute atomic E-state index is 0.587. The molecule has 0 aliphatic heterocycles. The molecule has 0 aliphatic carbocycles. The van der Waals surface area contributed by atoms with Gasteiger partial charge in [-0.1, -0.05) is 127 Å². The van der Waals surface area contributed by atoms with Gasteiger partial charge < -0.3 is 13.6 Å². The van der Waals surface area contributed by atoms with Gasteiger partial charge in [-0.2, -0.15) is 4.98 Å². The molecule has 0 unspecified atom stereocenters. The molecular weight excluding hydrogens is 745 g/mol. The second kappa shape index (κ2) is 15.0. The summed E-state index contributed by atoms with van der Waals surface area (Å²) in [4.78, 5) is 10.1. The van der Waals surface area contributed by atoms with Gasteiger partial charge in [0.1, 0.15) is 5.58 Å². The van der Waals surface area contributed by atoms with Gasteiger partial charge >= 0.3 is 0 Å². The van der Waals surface area contributed by atoms with Crippen molar-refractivity contribution in [3.05, 3.63) is 206 Å². The van der Waals surface area contributed by atoms with Crippen LogP contribution in [0.2, 0.25) is 0 Å². The number of rotatable bonds is 5. The van der Waals surface area contributed by atoms with E-state index in [1.54, 1.807) is 0 Å². The van der Waals surface area contributed by atoms with Crippen molar-refractivity contribution in [1.82, 2.24) is 19.1 Å². The average molecular weight is 785 g/mol. The molecule has 8 aromatic carbocycles. The molecule has 61 heavy (non-hydrogen) atoms. The van der Waals surface area contributed by atoms with Gasteiger partial charge in [-0.3, -0.25) is 0 Å². The maximum atomic E-state index is 6.30. The van der Waals surface area contributed by atoms with Crippen molar-refractivity contribution < 1.29 is 4.42 Å². The lowest BCUT2D eigenvalue weighted by Crippen LogP contribution is -1.96. The summed E-state index contributed by atoms with van der Waals surface area (Å²) in [7, 11) is 0. The van der Waals surface area contributed by atoms with Gasteiger partial charge in [-0.25, -0.2) is 4.98 Å². The topological polar surface area (TPSA) is 48.8 Å². The smallest absolute Gasteiger partial charge is 0.231 e. The number of hydrogen-bond acceptors (Lipinski definition) is 3. The Bertz CT molecular complexity index is 3590. The molecule has 0 fully saturated rings. The standard InChI is InChI=1S/C52H32N4O.C4H8/c1-3-13-33(14-4-1)50-49-41-19-9-12-22-48(41)57-52(49)54-51(53-50)34-23-27-38(28-24-34)56-45-21-11-8-18-40(45)43-32-36(26-30-47(43)56)35-25-29-46-42(31-35)39-17-7-10-20-44(39)55(46)37-15-5-2-6-16-37;1-3-4-2/h1-32H;3-4H,1-2H3/b;4-3-. The zero-order chi connectivity index (χ0) is 40.9. The van der Waals surface area contributed by atoms with Gasteiger partial charge in [-0.05, 0) is 104 Å². The Balaban J connectivity index is 0.00000101. The fraction of sp³-hybridized carbons (Fsp3) is 0.0357. The van der Waals surface area contributed by atoms with E-state index >= 15 is 0 Å². The van der Waals surface area contributed by atoms with Crippen molar-refractivity contribution in [2.75, 3.05) is 0 Å². The van der Waals surface area contributed by atoms with Gasteiger partial charge in [0.2, 0.25) is 5.71 Å². The number of para-hydroxylation sites is 4. The number of benzene rings is 8. The average Bonchev–Trinajstić information content (AvgIpc) is 3.99. The first-order valence-electron chi connectivity index (χ1n) is 20.7. The van der Waals surface area contributed by atoms with Gasteiger partial charge in [-0.15, -0.1) is 0 Å². The van der Waals surface area contributed by atoms with Crippen molar-refractivity contribution >= 4 is 65.7 Å². The van der Waals surface area contributed by atoms with Gasteiger partial charge in [0.15, 0.2) is 5.82 Å². The number of furan rings is 1. The van der Waals surface area contributed by atoms with Gasteiger partial charge in [0.25, 0.3) is 0 Å². The van der Waals surface area contributed by atoms with Crippen LogP contribution in [-0.4, -0.2) is 19.1 Å². The number of nitrogens with zero attached hydrogens (tertiary/aromatic N) is 4. The van der Waals surface area contributed by atoms with E-state index in [0.29, 0.717) is 11.5 Å². The van der Waals surface area contributed by atoms with Crippen molar-refractivity contribution in [3.8, 4) is 45.1 Å². The fourth-order valence-electron chi connectivity index (χ4n) is 8.76. The Hall–Kier alpha value is -8.02. The van der Waals surface area contributed by atoms with Gasteiger partial charge in [0.05, 0.1) is 33.1 Å². The largest absolute Gasteiger partial charge is 0.438 e. The molecule has 0 atom stereocenters. The molecule has 0 saturated carbocycles. The van der Waals surface area contributed by atoms with Crippen LogP contribution in [-0.2, 0) is 0 Å². The third-order valence-electron chi connectivity index (χ3n) is 11.7. The molecule has 5 heteroatoms. The monoisotopic (exact) mass is 784 g/mol. The minimum atomic E-state index is 0.587. The third-order valence-corrected chi connectivity index (χ3v) is 11.7. The van der Waals surface area contributed by atoms with Gasteiger partial charge in [0, 0.05) is 49.4 Å². The maximum absolute atomic E-state index is 6.30. The molecule has 0 saturated heterocycles. The Kier molecular flexibility index (Phi) is 8.86. The summed E-state index contributed by atoms with van der Waals surface area (Å²) in [6, 6.07) is 68.7. The SMILES string of the molecule is C/C=C\C.c1ccc(-c2nc(-c3ccc(-n4c5ccccc5c5cc(-c6ccc7c(c6)c6ccccc6n7-c6ccccc6)ccc54)cc3)nc3oc4ccccc4c23)cc1. The van der Waals surface area contributed by atoms with E-state index in [9.17, 15) is 0 Å². The van der Waals surface area contributed by atoms with Crippen LogP contribution in [0.3, 0.4) is 0 Å². The van der Waals surface area contributed by atoms with Crippen LogP contribution in [0.1, 0.15) is 13.8 Å². The summed E-state index contributed by atoms with van der Waals surface area (Å²) in [6.45, 7) is 4.00. The molecule has 5 nitrogen and oxygen atoms in total. The molecule has 0 N–H and O–H groups in total. The summed E-state index contributed by atoms with van der Waals surface area (Å²) in [5, 5.41) is 6.86. The van der Waals surface area contributed by atoms with E-state index in [2.05, 4.69) is 167 Å². The van der Waals surface area contributed by atoms with Crippen molar-refractivity contribution in [1.29, 1.82) is 0 Å². The molecule has 0 spiro atoms. The Labute approximate surface area is 353 Å². The first-order valence-corrected chi connectivity index (χ1v) is 20.7. The quantitative estimate of drug-likeness (QED) is 0.163. The lowest BCUT2D eigenvalue weighted by Gasteiger charge is -2.10. The number of aromatic nitrogens is 4. The zero-order valence-electron chi connectivity index (χ0n) is 33.8. The number of fused-ring (bicyclic) bond motifs is 9. The first kappa shape index (κ1) is 36.1. The molecule has 4 aromatic heterocycles. The molecule has 4 heterocycles. The third kappa shape index (κ3) is 6.09. The Morgan fingerprint density at radius 3 is 1.46 bits per heavy atom. The van der Waals surface area contributed by atoms with Crippen LogP contribution < -0.4 is 0 Å². The van der Waals surface area contributed by atoms with E-state index in [1.165, 1.54) is 43.7 Å². The van der Waals surface area contributed by atoms with E-state index < -0.39 is 0 Å². The summed E-state index contributed by atoms with van der Waals surface area (Å²) in [5.74, 6) is 0.627. The molecule has 0 amide bonds. The van der Waals surface area contributed by atoms with Crippen LogP contribution in [0.5, 0.6) is 0 Å². The first-order chi connectivity index (χ1) is 30.2. The Morgan fingerprint density at radius 1 is 0.393 bits per heavy atom. The Morgan fingerprint density at radius 2 is 0.869 bits per heavy atom. The van der Waals surface area contributed by atoms with Crippen LogP contribution in [0, 0.1) is 0 Å². The molecule has 0 bridgehead atoms. The summed E-state index contributed by atoms with van der Waals surface area (Å²) in [5.41, 5.74) is 13.5. The van der Waals surface area contributed by atoms with Crippen molar-refractivity contribution in [3.63, 3.8) is 0 Å².